The maximum atomic E-state index is 12.8. The van der Waals surface area contributed by atoms with Crippen molar-refractivity contribution in [2.24, 2.45) is 0 Å². The molecule has 0 aromatic heterocycles. The van der Waals surface area contributed by atoms with Crippen LogP contribution in [-0.2, 0) is 9.59 Å². The number of hydrogen-bond acceptors (Lipinski definition) is 4. The van der Waals surface area contributed by atoms with Gasteiger partial charge in [-0.1, -0.05) is 6.92 Å². The van der Waals surface area contributed by atoms with E-state index in [1.54, 1.807) is 13.8 Å². The Labute approximate surface area is 132 Å². The van der Waals surface area contributed by atoms with Crippen LogP contribution >= 0.6 is 0 Å². The molecule has 4 amide bonds. The minimum absolute atomic E-state index is 0.296. The lowest BCUT2D eigenvalue weighted by atomic mass is 10.00. The highest BCUT2D eigenvalue weighted by Crippen LogP contribution is 2.19. The zero-order valence-corrected chi connectivity index (χ0v) is 13.1. The van der Waals surface area contributed by atoms with Crippen molar-refractivity contribution in [3.8, 4) is 5.75 Å². The molecule has 2 atom stereocenters. The van der Waals surface area contributed by atoms with E-state index in [0.717, 1.165) is 0 Å². The van der Waals surface area contributed by atoms with Gasteiger partial charge in [-0.2, -0.15) is 5.01 Å². The van der Waals surface area contributed by atoms with Crippen LogP contribution in [0, 0.1) is 5.82 Å². The van der Waals surface area contributed by atoms with Gasteiger partial charge >= 0.3 is 6.03 Å². The molecule has 1 aliphatic heterocycles. The molecular weight excluding hydrogens is 305 g/mol. The fourth-order valence-electron chi connectivity index (χ4n) is 2.00. The van der Waals surface area contributed by atoms with Crippen molar-refractivity contribution in [3.63, 3.8) is 0 Å². The zero-order valence-electron chi connectivity index (χ0n) is 13.1. The van der Waals surface area contributed by atoms with E-state index in [2.05, 4.69) is 10.7 Å². The standard InChI is InChI=1S/C15H18FN3O4/c1-4-15(3)13(21)19(14(22)17-15)18-12(20)9(2)23-11-7-5-10(16)6-8-11/h5-9H,4H2,1-3H3,(H,17,22)(H,18,20)/t9-,15-/m0/s1. The van der Waals surface area contributed by atoms with E-state index in [-0.39, 0.29) is 0 Å². The number of benzene rings is 1. The molecule has 23 heavy (non-hydrogen) atoms. The first kappa shape index (κ1) is 16.7. The molecule has 1 aromatic carbocycles. The van der Waals surface area contributed by atoms with Crippen LogP contribution in [0.1, 0.15) is 27.2 Å². The highest BCUT2D eigenvalue weighted by Gasteiger charge is 2.47. The molecule has 0 unspecified atom stereocenters. The first-order valence-electron chi connectivity index (χ1n) is 7.16. The van der Waals surface area contributed by atoms with E-state index in [0.29, 0.717) is 17.2 Å². The molecule has 0 radical (unpaired) electrons. The van der Waals surface area contributed by atoms with E-state index in [4.69, 9.17) is 4.74 Å². The smallest absolute Gasteiger partial charge is 0.344 e. The van der Waals surface area contributed by atoms with Crippen LogP contribution in [0.25, 0.3) is 0 Å². The quantitative estimate of drug-likeness (QED) is 0.801. The Morgan fingerprint density at radius 3 is 2.52 bits per heavy atom. The average molecular weight is 323 g/mol. The highest BCUT2D eigenvalue weighted by molar-refractivity contribution is 6.07. The molecule has 0 bridgehead atoms. The van der Waals surface area contributed by atoms with Gasteiger partial charge in [0.2, 0.25) is 0 Å². The number of ether oxygens (including phenoxy) is 1. The molecular formula is C15H18FN3O4. The molecule has 8 heteroatoms. The Hall–Kier alpha value is -2.64. The molecule has 0 aliphatic carbocycles. The summed E-state index contributed by atoms with van der Waals surface area (Å²) in [6.45, 7) is 4.79. The van der Waals surface area contributed by atoms with Gasteiger partial charge in [0, 0.05) is 0 Å². The van der Waals surface area contributed by atoms with Gasteiger partial charge in [0.05, 0.1) is 0 Å². The van der Waals surface area contributed by atoms with Gasteiger partial charge in [0.1, 0.15) is 17.1 Å². The summed E-state index contributed by atoms with van der Waals surface area (Å²) in [5.41, 5.74) is 1.20. The molecule has 0 spiro atoms. The van der Waals surface area contributed by atoms with Crippen molar-refractivity contribution in [2.45, 2.75) is 38.8 Å². The summed E-state index contributed by atoms with van der Waals surface area (Å²) in [7, 11) is 0. The van der Waals surface area contributed by atoms with Crippen LogP contribution in [0.2, 0.25) is 0 Å². The maximum Gasteiger partial charge on any atom is 0.344 e. The van der Waals surface area contributed by atoms with Crippen molar-refractivity contribution in [3.05, 3.63) is 30.1 Å². The van der Waals surface area contributed by atoms with Gasteiger partial charge in [-0.05, 0) is 44.5 Å². The van der Waals surface area contributed by atoms with Gasteiger partial charge in [0.25, 0.3) is 11.8 Å². The Morgan fingerprint density at radius 1 is 1.39 bits per heavy atom. The zero-order chi connectivity index (χ0) is 17.2. The van der Waals surface area contributed by atoms with E-state index in [9.17, 15) is 18.8 Å². The predicted molar refractivity (Wildman–Crippen MR) is 78.7 cm³/mol. The minimum Gasteiger partial charge on any atom is -0.481 e. The van der Waals surface area contributed by atoms with Gasteiger partial charge in [-0.25, -0.2) is 9.18 Å². The monoisotopic (exact) mass is 323 g/mol. The number of amides is 4. The number of nitrogens with one attached hydrogen (secondary N) is 2. The Bertz CT molecular complexity index is 634. The van der Waals surface area contributed by atoms with Crippen LogP contribution in [0.4, 0.5) is 9.18 Å². The van der Waals surface area contributed by atoms with Gasteiger partial charge in [0.15, 0.2) is 6.10 Å². The SMILES string of the molecule is CC[C@]1(C)NC(=O)N(NC(=O)[C@H](C)Oc2ccc(F)cc2)C1=O. The third-order valence-electron chi connectivity index (χ3n) is 3.69. The fraction of sp³-hybridized carbons (Fsp3) is 0.400. The normalized spacial score (nSPS) is 21.8. The third-order valence-corrected chi connectivity index (χ3v) is 3.69. The molecule has 1 aromatic rings. The summed E-state index contributed by atoms with van der Waals surface area (Å²) in [6.07, 6.45) is -0.583. The molecule has 2 rings (SSSR count). The van der Waals surface area contributed by atoms with Gasteiger partial charge < -0.3 is 10.1 Å². The molecule has 7 nitrogen and oxygen atoms in total. The lowest BCUT2D eigenvalue weighted by molar-refractivity contribution is -0.141. The number of rotatable bonds is 5. The van der Waals surface area contributed by atoms with Crippen LogP contribution < -0.4 is 15.5 Å². The topological polar surface area (TPSA) is 87.7 Å². The number of urea groups is 1. The number of imide groups is 1. The molecule has 124 valence electrons. The Kier molecular flexibility index (Phi) is 4.53. The number of hydrazine groups is 1. The lowest BCUT2D eigenvalue weighted by Gasteiger charge is -2.21. The molecule has 1 fully saturated rings. The summed E-state index contributed by atoms with van der Waals surface area (Å²) in [5, 5.41) is 3.17. The minimum atomic E-state index is -1.04. The van der Waals surface area contributed by atoms with Crippen molar-refractivity contribution in [1.29, 1.82) is 0 Å². The Balaban J connectivity index is 2.00. The second-order valence-corrected chi connectivity index (χ2v) is 5.45. The summed E-state index contributed by atoms with van der Waals surface area (Å²) in [6, 6.07) is 4.46. The van der Waals surface area contributed by atoms with E-state index >= 15 is 0 Å². The number of hydrogen-bond donors (Lipinski definition) is 2. The number of carbonyl (C=O) groups is 3. The van der Waals surface area contributed by atoms with Crippen molar-refractivity contribution in [1.82, 2.24) is 15.8 Å². The number of nitrogens with zero attached hydrogens (tertiary/aromatic N) is 1. The van der Waals surface area contributed by atoms with E-state index in [1.807, 2.05) is 0 Å². The first-order chi connectivity index (χ1) is 10.8. The Morgan fingerprint density at radius 2 is 2.00 bits per heavy atom. The fourth-order valence-corrected chi connectivity index (χ4v) is 2.00. The molecule has 2 N–H and O–H groups in total. The molecule has 1 saturated heterocycles. The van der Waals surface area contributed by atoms with Gasteiger partial charge in [-0.3, -0.25) is 15.0 Å². The van der Waals surface area contributed by atoms with E-state index in [1.165, 1.54) is 31.2 Å². The van der Waals surface area contributed by atoms with Crippen molar-refractivity contribution < 1.29 is 23.5 Å². The molecule has 1 aliphatic rings. The average Bonchev–Trinajstić information content (AvgIpc) is 2.73. The summed E-state index contributed by atoms with van der Waals surface area (Å²) in [5.74, 6) is -1.33. The second-order valence-electron chi connectivity index (χ2n) is 5.45. The second kappa shape index (κ2) is 6.23. The van der Waals surface area contributed by atoms with Crippen molar-refractivity contribution in [2.75, 3.05) is 0 Å². The predicted octanol–water partition coefficient (Wildman–Crippen LogP) is 1.34. The third kappa shape index (κ3) is 3.41. The van der Waals surface area contributed by atoms with Gasteiger partial charge in [-0.15, -0.1) is 0 Å². The lowest BCUT2D eigenvalue weighted by Crippen LogP contribution is -2.51. The molecule has 1 heterocycles. The van der Waals surface area contributed by atoms with Crippen LogP contribution in [0.5, 0.6) is 5.75 Å². The maximum absolute atomic E-state index is 12.8. The number of halogens is 1. The largest absolute Gasteiger partial charge is 0.481 e. The summed E-state index contributed by atoms with van der Waals surface area (Å²) < 4.78 is 18.2. The summed E-state index contributed by atoms with van der Waals surface area (Å²) >= 11 is 0. The van der Waals surface area contributed by atoms with Crippen LogP contribution in [0.3, 0.4) is 0 Å². The van der Waals surface area contributed by atoms with Crippen LogP contribution in [-0.4, -0.2) is 34.5 Å². The van der Waals surface area contributed by atoms with Crippen LogP contribution in [0.15, 0.2) is 24.3 Å². The highest BCUT2D eigenvalue weighted by atomic mass is 19.1. The first-order valence-corrected chi connectivity index (χ1v) is 7.16. The van der Waals surface area contributed by atoms with Crippen molar-refractivity contribution >= 4 is 17.8 Å². The molecule has 0 saturated carbocycles. The summed E-state index contributed by atoms with van der Waals surface area (Å²) in [4.78, 5) is 36.1. The van der Waals surface area contributed by atoms with E-state index < -0.39 is 35.3 Å². The number of carbonyl (C=O) groups excluding carboxylic acids is 3.